The highest BCUT2D eigenvalue weighted by Crippen LogP contribution is 2.31. The molecule has 8 heteroatoms. The summed E-state index contributed by atoms with van der Waals surface area (Å²) in [6, 6.07) is 11.9. The highest BCUT2D eigenvalue weighted by molar-refractivity contribution is 5.79. The number of aliphatic hydroxyl groups is 1. The number of benzene rings is 2. The van der Waals surface area contributed by atoms with Gasteiger partial charge >= 0.3 is 0 Å². The molecule has 0 aliphatic rings. The lowest BCUT2D eigenvalue weighted by atomic mass is 9.94. The summed E-state index contributed by atoms with van der Waals surface area (Å²) < 4.78 is 30.3. The third kappa shape index (κ3) is 9.93. The molecule has 0 aliphatic carbocycles. The molecule has 3 atom stereocenters. The van der Waals surface area contributed by atoms with Crippen molar-refractivity contribution >= 4 is 5.91 Å². The van der Waals surface area contributed by atoms with E-state index in [4.69, 9.17) is 19.9 Å². The van der Waals surface area contributed by atoms with Crippen LogP contribution in [-0.4, -0.2) is 56.6 Å². The molecule has 35 heavy (non-hydrogen) atoms. The van der Waals surface area contributed by atoms with Crippen molar-refractivity contribution in [3.05, 3.63) is 53.8 Å². The number of aliphatic hydroxyl groups excluding tert-OH is 1. The molecule has 0 radical (unpaired) electrons. The minimum atomic E-state index is -0.739. The van der Waals surface area contributed by atoms with Crippen molar-refractivity contribution in [2.75, 3.05) is 33.5 Å². The molecule has 0 spiro atoms. The third-order valence-electron chi connectivity index (χ3n) is 5.67. The number of nitrogens with one attached hydrogen (secondary N) is 1. The number of methoxy groups -OCH3 is 1. The Kier molecular flexibility index (Phi) is 12.7. The molecule has 1 amide bonds. The Labute approximate surface area is 207 Å². The molecule has 7 nitrogen and oxygen atoms in total. The van der Waals surface area contributed by atoms with Gasteiger partial charge in [-0.15, -0.1) is 0 Å². The van der Waals surface area contributed by atoms with Gasteiger partial charge in [0.05, 0.1) is 31.8 Å². The van der Waals surface area contributed by atoms with Crippen molar-refractivity contribution < 1.29 is 28.5 Å². The summed E-state index contributed by atoms with van der Waals surface area (Å²) in [7, 11) is 1.65. The molecule has 2 aromatic rings. The molecule has 2 rings (SSSR count). The Hall–Kier alpha value is -2.52. The fraction of sp³-hybridized carbons (Fsp3) is 0.519. The molecule has 0 saturated heterocycles. The van der Waals surface area contributed by atoms with Crippen molar-refractivity contribution in [1.29, 1.82) is 0 Å². The molecule has 0 aliphatic heterocycles. The zero-order valence-electron chi connectivity index (χ0n) is 21.0. The van der Waals surface area contributed by atoms with Gasteiger partial charge in [0, 0.05) is 38.3 Å². The minimum Gasteiger partial charge on any atom is -0.493 e. The molecule has 0 bridgehead atoms. The maximum Gasteiger partial charge on any atom is 0.225 e. The van der Waals surface area contributed by atoms with Crippen LogP contribution in [-0.2, 0) is 20.9 Å². The predicted octanol–water partition coefficient (Wildman–Crippen LogP) is 3.67. The molecule has 4 N–H and O–H groups in total. The molecular formula is C27H39FN2O5. The van der Waals surface area contributed by atoms with Crippen LogP contribution in [0.3, 0.4) is 0 Å². The maximum atomic E-state index is 13.4. The van der Waals surface area contributed by atoms with Crippen LogP contribution in [0.1, 0.15) is 38.7 Å². The number of amides is 1. The fourth-order valence-corrected chi connectivity index (χ4v) is 3.73. The number of hydrogen-bond donors (Lipinski definition) is 3. The molecule has 0 aromatic heterocycles. The first-order valence-corrected chi connectivity index (χ1v) is 12.1. The van der Waals surface area contributed by atoms with E-state index in [9.17, 15) is 14.3 Å². The summed E-state index contributed by atoms with van der Waals surface area (Å²) in [4.78, 5) is 12.1. The summed E-state index contributed by atoms with van der Waals surface area (Å²) in [6.45, 7) is 5.75. The van der Waals surface area contributed by atoms with Crippen LogP contribution < -0.4 is 15.8 Å². The second kappa shape index (κ2) is 15.5. The van der Waals surface area contributed by atoms with E-state index in [0.717, 1.165) is 23.1 Å². The second-order valence-corrected chi connectivity index (χ2v) is 8.63. The average molecular weight is 491 g/mol. The summed E-state index contributed by atoms with van der Waals surface area (Å²) in [5, 5.41) is 12.7. The maximum absolute atomic E-state index is 13.4. The van der Waals surface area contributed by atoms with Crippen molar-refractivity contribution in [2.24, 2.45) is 11.7 Å². The van der Waals surface area contributed by atoms with Gasteiger partial charge in [0.1, 0.15) is 11.6 Å². The van der Waals surface area contributed by atoms with E-state index in [2.05, 4.69) is 5.32 Å². The van der Waals surface area contributed by atoms with Crippen molar-refractivity contribution in [3.8, 4) is 16.9 Å². The van der Waals surface area contributed by atoms with Crippen LogP contribution in [0.4, 0.5) is 4.39 Å². The van der Waals surface area contributed by atoms with Gasteiger partial charge in [-0.2, -0.15) is 0 Å². The zero-order chi connectivity index (χ0) is 25.6. The summed E-state index contributed by atoms with van der Waals surface area (Å²) in [5.74, 6) is -0.240. The fourth-order valence-electron chi connectivity index (χ4n) is 3.73. The molecule has 2 aromatic carbocycles. The second-order valence-electron chi connectivity index (χ2n) is 8.63. The topological polar surface area (TPSA) is 103 Å². The molecule has 2 unspecified atom stereocenters. The lowest BCUT2D eigenvalue weighted by Gasteiger charge is -2.21. The van der Waals surface area contributed by atoms with Crippen molar-refractivity contribution in [3.63, 3.8) is 0 Å². The SMILES string of the molecule is CCNC(=O)[C@@H](CCC(N)COCc1ccc(-c2ccc(F)cc2)c(OCCCOC)c1)C(C)O. The van der Waals surface area contributed by atoms with E-state index < -0.39 is 12.0 Å². The number of hydrogen-bond acceptors (Lipinski definition) is 6. The largest absolute Gasteiger partial charge is 0.493 e. The average Bonchev–Trinajstić information content (AvgIpc) is 2.83. The first-order chi connectivity index (χ1) is 16.8. The molecule has 0 heterocycles. The number of carbonyl (C=O) groups excluding carboxylic acids is 1. The standard InChI is InChI=1S/C27H39FN2O5/c1-4-30-27(32)24(19(2)31)13-11-23(29)18-34-17-20-6-12-25(21-7-9-22(28)10-8-21)26(16-20)35-15-5-14-33-3/h6-10,12,16,19,23-24,31H,4-5,11,13-15,17-18,29H2,1-3H3,(H,30,32)/t19?,23?,24-/m0/s1. The normalized spacial score (nSPS) is 13.8. The zero-order valence-corrected chi connectivity index (χ0v) is 21.0. The highest BCUT2D eigenvalue weighted by atomic mass is 19.1. The van der Waals surface area contributed by atoms with Crippen molar-refractivity contribution in [2.45, 2.75) is 51.9 Å². The Balaban J connectivity index is 1.95. The number of halogens is 1. The molecule has 0 fully saturated rings. The van der Waals surface area contributed by atoms with Gasteiger partial charge in [-0.05, 0) is 56.0 Å². The van der Waals surface area contributed by atoms with Gasteiger partial charge in [-0.25, -0.2) is 4.39 Å². The number of ether oxygens (including phenoxy) is 3. The number of nitrogens with two attached hydrogens (primary N) is 1. The van der Waals surface area contributed by atoms with Crippen LogP contribution in [0.2, 0.25) is 0 Å². The number of carbonyl (C=O) groups is 1. The Bertz CT molecular complexity index is 892. The monoisotopic (exact) mass is 490 g/mol. The van der Waals surface area contributed by atoms with E-state index >= 15 is 0 Å². The van der Waals surface area contributed by atoms with Gasteiger partial charge in [0.2, 0.25) is 5.91 Å². The van der Waals surface area contributed by atoms with Gasteiger partial charge in [-0.3, -0.25) is 4.79 Å². The van der Waals surface area contributed by atoms with Crippen LogP contribution in [0.25, 0.3) is 11.1 Å². The van der Waals surface area contributed by atoms with Gasteiger partial charge in [0.15, 0.2) is 0 Å². The van der Waals surface area contributed by atoms with Crippen molar-refractivity contribution in [1.82, 2.24) is 5.32 Å². The molecule has 0 saturated carbocycles. The summed E-state index contributed by atoms with van der Waals surface area (Å²) in [5.41, 5.74) is 8.85. The Morgan fingerprint density at radius 1 is 1.14 bits per heavy atom. The van der Waals surface area contributed by atoms with E-state index in [1.807, 2.05) is 25.1 Å². The molecule has 194 valence electrons. The predicted molar refractivity (Wildman–Crippen MR) is 135 cm³/mol. The van der Waals surface area contributed by atoms with Gasteiger partial charge < -0.3 is 30.4 Å². The first-order valence-electron chi connectivity index (χ1n) is 12.1. The van der Waals surface area contributed by atoms with Crippen LogP contribution in [0, 0.1) is 11.7 Å². The Morgan fingerprint density at radius 2 is 1.89 bits per heavy atom. The third-order valence-corrected chi connectivity index (χ3v) is 5.67. The first kappa shape index (κ1) is 28.7. The number of rotatable bonds is 16. The lowest BCUT2D eigenvalue weighted by Crippen LogP contribution is -2.38. The molecular weight excluding hydrogens is 451 g/mol. The van der Waals surface area contributed by atoms with Gasteiger partial charge in [-0.1, -0.05) is 24.3 Å². The highest BCUT2D eigenvalue weighted by Gasteiger charge is 2.23. The van der Waals surface area contributed by atoms with Gasteiger partial charge in [0.25, 0.3) is 0 Å². The van der Waals surface area contributed by atoms with E-state index in [1.54, 1.807) is 26.2 Å². The van der Waals surface area contributed by atoms with E-state index in [0.29, 0.717) is 51.6 Å². The quantitative estimate of drug-likeness (QED) is 0.310. The van der Waals surface area contributed by atoms with E-state index in [1.165, 1.54) is 12.1 Å². The summed E-state index contributed by atoms with van der Waals surface area (Å²) >= 11 is 0. The van der Waals surface area contributed by atoms with Crippen LogP contribution in [0.15, 0.2) is 42.5 Å². The summed E-state index contributed by atoms with van der Waals surface area (Å²) in [6.07, 6.45) is 1.05. The lowest BCUT2D eigenvalue weighted by molar-refractivity contribution is -0.128. The smallest absolute Gasteiger partial charge is 0.225 e. The van der Waals surface area contributed by atoms with Crippen LogP contribution in [0.5, 0.6) is 5.75 Å². The Morgan fingerprint density at radius 3 is 2.54 bits per heavy atom. The van der Waals surface area contributed by atoms with E-state index in [-0.39, 0.29) is 17.8 Å². The minimum absolute atomic E-state index is 0.158. The van der Waals surface area contributed by atoms with Crippen LogP contribution >= 0.6 is 0 Å².